The first-order valence-electron chi connectivity index (χ1n) is 9.13. The highest BCUT2D eigenvalue weighted by molar-refractivity contribution is 8.00. The minimum Gasteiger partial charge on any atom is -0.481 e. The van der Waals surface area contributed by atoms with Crippen LogP contribution in [-0.4, -0.2) is 80.8 Å². The molecule has 0 spiro atoms. The Kier molecular flexibility index (Phi) is 6.16. The molecule has 2 aliphatic heterocycles. The Morgan fingerprint density at radius 1 is 1.48 bits per heavy atom. The lowest BCUT2D eigenvalue weighted by atomic mass is 9.89. The predicted molar refractivity (Wildman–Crippen MR) is 117 cm³/mol. The van der Waals surface area contributed by atoms with Gasteiger partial charge in [0.25, 0.3) is 5.91 Å². The number of fused-ring (bicyclic) bond motifs is 1. The van der Waals surface area contributed by atoms with E-state index in [-0.39, 0.29) is 24.0 Å². The third kappa shape index (κ3) is 4.01. The molecule has 2 saturated heterocycles. The highest BCUT2D eigenvalue weighted by atomic mass is 32.2. The third-order valence-corrected chi connectivity index (χ3v) is 10.5. The molecule has 10 nitrogen and oxygen atoms in total. The standard InChI is InChI=1S/C17H19N5O5S4/c1-10(23)22(31(27)12-4-3-5-28-12)13-14(24)21-7-17(16(25)26,9-30-15(13)21)8-29-11-6-18-20(2)19-11/h3-6,13,15H,7-9H2,1-2H3,(H,25,26)/t13?,15-,17?,31?/m1/s1. The number of amides is 2. The molecule has 0 bridgehead atoms. The van der Waals surface area contributed by atoms with Gasteiger partial charge >= 0.3 is 5.97 Å². The van der Waals surface area contributed by atoms with Crippen LogP contribution in [0.25, 0.3) is 0 Å². The van der Waals surface area contributed by atoms with Crippen LogP contribution in [0.2, 0.25) is 0 Å². The van der Waals surface area contributed by atoms with E-state index in [1.807, 2.05) is 0 Å². The Balaban J connectivity index is 1.50. The monoisotopic (exact) mass is 501 g/mol. The largest absolute Gasteiger partial charge is 0.481 e. The van der Waals surface area contributed by atoms with E-state index in [1.54, 1.807) is 30.8 Å². The maximum absolute atomic E-state index is 13.0. The number of thioether (sulfide) groups is 2. The summed E-state index contributed by atoms with van der Waals surface area (Å²) in [6, 6.07) is 2.52. The molecule has 166 valence electrons. The molecule has 2 fully saturated rings. The first-order valence-corrected chi connectivity index (χ1v) is 13.2. The summed E-state index contributed by atoms with van der Waals surface area (Å²) in [6.07, 6.45) is 1.56. The normalized spacial score (nSPS) is 26.1. The molecule has 3 unspecified atom stereocenters. The van der Waals surface area contributed by atoms with Crippen molar-refractivity contribution in [3.63, 3.8) is 0 Å². The van der Waals surface area contributed by atoms with Gasteiger partial charge in [-0.15, -0.1) is 40.0 Å². The van der Waals surface area contributed by atoms with Gasteiger partial charge < -0.3 is 10.0 Å². The van der Waals surface area contributed by atoms with Gasteiger partial charge in [0.15, 0.2) is 17.0 Å². The minimum atomic E-state index is -1.79. The van der Waals surface area contributed by atoms with Crippen molar-refractivity contribution in [2.24, 2.45) is 12.5 Å². The molecular formula is C17H19N5O5S4. The molecule has 0 radical (unpaired) electrons. The van der Waals surface area contributed by atoms with Crippen LogP contribution in [0.5, 0.6) is 0 Å². The molecule has 0 saturated carbocycles. The van der Waals surface area contributed by atoms with Crippen molar-refractivity contribution >= 4 is 63.6 Å². The summed E-state index contributed by atoms with van der Waals surface area (Å²) in [6.45, 7) is 1.31. The SMILES string of the molecule is CC(=O)N(C1C(=O)N2CC(CSc3cnn(C)n3)(C(=O)O)CS[C@H]12)S(=O)c1cccs1. The van der Waals surface area contributed by atoms with Crippen molar-refractivity contribution in [3.05, 3.63) is 23.7 Å². The fourth-order valence-electron chi connectivity index (χ4n) is 3.45. The first kappa shape index (κ1) is 22.3. The lowest BCUT2D eigenvalue weighted by molar-refractivity contribution is -0.161. The van der Waals surface area contributed by atoms with Gasteiger partial charge in [-0.3, -0.25) is 14.4 Å². The van der Waals surface area contributed by atoms with Crippen molar-refractivity contribution in [1.29, 1.82) is 0 Å². The van der Waals surface area contributed by atoms with Crippen molar-refractivity contribution in [3.8, 4) is 0 Å². The van der Waals surface area contributed by atoms with Crippen molar-refractivity contribution in [2.45, 2.75) is 27.6 Å². The second-order valence-electron chi connectivity index (χ2n) is 7.19. The zero-order valence-electron chi connectivity index (χ0n) is 16.5. The Morgan fingerprint density at radius 3 is 2.84 bits per heavy atom. The van der Waals surface area contributed by atoms with Crippen LogP contribution in [0.1, 0.15) is 6.92 Å². The van der Waals surface area contributed by atoms with Gasteiger partial charge in [-0.05, 0) is 11.4 Å². The van der Waals surface area contributed by atoms with Gasteiger partial charge in [-0.2, -0.15) is 9.90 Å². The van der Waals surface area contributed by atoms with Crippen LogP contribution in [0, 0.1) is 5.41 Å². The third-order valence-electron chi connectivity index (χ3n) is 5.05. The molecule has 2 aromatic rings. The highest BCUT2D eigenvalue weighted by Crippen LogP contribution is 2.46. The highest BCUT2D eigenvalue weighted by Gasteiger charge is 2.60. The molecule has 2 aliphatic rings. The van der Waals surface area contributed by atoms with Crippen molar-refractivity contribution in [2.75, 3.05) is 18.1 Å². The van der Waals surface area contributed by atoms with Gasteiger partial charge in [0.2, 0.25) is 5.91 Å². The summed E-state index contributed by atoms with van der Waals surface area (Å²) in [4.78, 5) is 40.3. The van der Waals surface area contributed by atoms with Gasteiger partial charge in [0, 0.05) is 32.0 Å². The van der Waals surface area contributed by atoms with E-state index in [4.69, 9.17) is 0 Å². The molecule has 2 aromatic heterocycles. The summed E-state index contributed by atoms with van der Waals surface area (Å²) in [5.74, 6) is -1.34. The molecule has 14 heteroatoms. The van der Waals surface area contributed by atoms with E-state index in [0.717, 1.165) is 4.31 Å². The molecular weight excluding hydrogens is 482 g/mol. The number of carboxylic acid groups (broad SMARTS) is 1. The van der Waals surface area contributed by atoms with Gasteiger partial charge in [-0.1, -0.05) is 6.07 Å². The van der Waals surface area contributed by atoms with Gasteiger partial charge in [-0.25, -0.2) is 8.51 Å². The average molecular weight is 502 g/mol. The lowest BCUT2D eigenvalue weighted by Crippen LogP contribution is -2.74. The van der Waals surface area contributed by atoms with Crippen LogP contribution in [0.3, 0.4) is 0 Å². The zero-order valence-corrected chi connectivity index (χ0v) is 19.8. The number of nitrogens with zero attached hydrogens (tertiary/aromatic N) is 5. The molecule has 4 rings (SSSR count). The second kappa shape index (κ2) is 8.56. The Bertz CT molecular complexity index is 1040. The van der Waals surface area contributed by atoms with Crippen LogP contribution < -0.4 is 0 Å². The number of carbonyl (C=O) groups is 3. The zero-order chi connectivity index (χ0) is 22.3. The summed E-state index contributed by atoms with van der Waals surface area (Å²) in [5.41, 5.74) is -1.15. The quantitative estimate of drug-likeness (QED) is 0.435. The number of β-lactam (4-membered cyclic amide) rings is 1. The molecule has 0 aromatic carbocycles. The Labute approximate surface area is 192 Å². The average Bonchev–Trinajstić information content (AvgIpc) is 3.41. The van der Waals surface area contributed by atoms with E-state index in [0.29, 0.717) is 9.24 Å². The van der Waals surface area contributed by atoms with Crippen LogP contribution >= 0.6 is 34.9 Å². The molecule has 0 aliphatic carbocycles. The number of hydrogen-bond acceptors (Lipinski definition) is 9. The van der Waals surface area contributed by atoms with E-state index < -0.39 is 39.7 Å². The maximum Gasteiger partial charge on any atom is 0.313 e. The smallest absolute Gasteiger partial charge is 0.313 e. The van der Waals surface area contributed by atoms with Crippen molar-refractivity contribution < 1.29 is 23.7 Å². The topological polar surface area (TPSA) is 126 Å². The van der Waals surface area contributed by atoms with Gasteiger partial charge in [0.05, 0.1) is 6.20 Å². The minimum absolute atomic E-state index is 0.0278. The van der Waals surface area contributed by atoms with Crippen LogP contribution in [0.4, 0.5) is 0 Å². The molecule has 2 amide bonds. The number of carbonyl (C=O) groups excluding carboxylic acids is 2. The van der Waals surface area contributed by atoms with Gasteiger partial charge in [0.1, 0.15) is 20.0 Å². The number of hydrogen-bond donors (Lipinski definition) is 1. The van der Waals surface area contributed by atoms with E-state index >= 15 is 0 Å². The lowest BCUT2D eigenvalue weighted by Gasteiger charge is -2.55. The summed E-state index contributed by atoms with van der Waals surface area (Å²) >= 11 is 3.84. The molecule has 4 atom stereocenters. The Morgan fingerprint density at radius 2 is 2.26 bits per heavy atom. The number of aromatic nitrogens is 3. The number of aliphatic carboxylic acids is 1. The van der Waals surface area contributed by atoms with E-state index in [9.17, 15) is 23.7 Å². The molecule has 4 heterocycles. The van der Waals surface area contributed by atoms with Crippen LogP contribution in [0.15, 0.2) is 32.9 Å². The number of thiophene rings is 1. The fourth-order valence-corrected chi connectivity index (χ4v) is 8.50. The molecule has 1 N–H and O–H groups in total. The Hall–Kier alpha value is -1.90. The number of aryl methyl sites for hydroxylation is 1. The summed E-state index contributed by atoms with van der Waals surface area (Å²) < 4.78 is 14.5. The van der Waals surface area contributed by atoms with E-state index in [2.05, 4.69) is 10.2 Å². The van der Waals surface area contributed by atoms with Crippen LogP contribution in [-0.2, 0) is 32.4 Å². The van der Waals surface area contributed by atoms with Crippen molar-refractivity contribution in [1.82, 2.24) is 24.2 Å². The maximum atomic E-state index is 13.0. The fraction of sp³-hybridized carbons (Fsp3) is 0.471. The number of carboxylic acids is 1. The molecule has 31 heavy (non-hydrogen) atoms. The summed E-state index contributed by atoms with van der Waals surface area (Å²) in [5, 5.41) is 20.0. The second-order valence-corrected chi connectivity index (χ2v) is 11.8. The predicted octanol–water partition coefficient (Wildman–Crippen LogP) is 0.895. The number of rotatable bonds is 7. The summed E-state index contributed by atoms with van der Waals surface area (Å²) in [7, 11) is -0.107. The van der Waals surface area contributed by atoms with E-state index in [1.165, 1.54) is 51.5 Å². The first-order chi connectivity index (χ1) is 14.7.